The Balaban J connectivity index is 1.85. The molecule has 1 heteroatoms. The van der Waals surface area contributed by atoms with E-state index in [1.807, 2.05) is 0 Å². The highest BCUT2D eigenvalue weighted by Crippen LogP contribution is 2.63. The predicted molar refractivity (Wildman–Crippen MR) is 48.9 cm³/mol. The largest absolute Gasteiger partial charge is 0.299 e. The van der Waals surface area contributed by atoms with Crippen molar-refractivity contribution in [1.29, 1.82) is 0 Å². The van der Waals surface area contributed by atoms with E-state index in [1.165, 1.54) is 19.3 Å². The van der Waals surface area contributed by atoms with Crippen molar-refractivity contribution in [3.05, 3.63) is 12.2 Å². The molecule has 0 heterocycles. The zero-order valence-electron chi connectivity index (χ0n) is 7.65. The van der Waals surface area contributed by atoms with Gasteiger partial charge in [0.15, 0.2) is 0 Å². The summed E-state index contributed by atoms with van der Waals surface area (Å²) in [6.45, 7) is 0. The van der Waals surface area contributed by atoms with Crippen LogP contribution < -0.4 is 0 Å². The van der Waals surface area contributed by atoms with Gasteiger partial charge in [0.2, 0.25) is 0 Å². The number of carbonyl (C=O) groups is 1. The van der Waals surface area contributed by atoms with Crippen LogP contribution in [0, 0.1) is 35.5 Å². The highest BCUT2D eigenvalue weighted by atomic mass is 16.1. The second-order valence-corrected chi connectivity index (χ2v) is 5.30. The van der Waals surface area contributed by atoms with E-state index in [2.05, 4.69) is 12.2 Å². The minimum atomic E-state index is 0.481. The van der Waals surface area contributed by atoms with Gasteiger partial charge >= 0.3 is 0 Å². The molecular formula is C12H14O. The van der Waals surface area contributed by atoms with Crippen molar-refractivity contribution >= 4 is 5.78 Å². The van der Waals surface area contributed by atoms with Crippen LogP contribution in [0.5, 0.6) is 0 Å². The SMILES string of the molecule is O=C1C2CCC1C1C3C=CC(C3)C21. The van der Waals surface area contributed by atoms with Crippen LogP contribution in [0.1, 0.15) is 19.3 Å². The lowest BCUT2D eigenvalue weighted by Gasteiger charge is -2.30. The van der Waals surface area contributed by atoms with Gasteiger partial charge in [-0.2, -0.15) is 0 Å². The van der Waals surface area contributed by atoms with Crippen LogP contribution in [0.3, 0.4) is 0 Å². The Morgan fingerprint density at radius 3 is 2.08 bits per heavy atom. The average molecular weight is 174 g/mol. The number of fused-ring (bicyclic) bond motifs is 9. The number of allylic oxidation sites excluding steroid dienone is 2. The number of rotatable bonds is 0. The summed E-state index contributed by atoms with van der Waals surface area (Å²) >= 11 is 0. The van der Waals surface area contributed by atoms with Gasteiger partial charge in [-0.3, -0.25) is 4.79 Å². The molecule has 0 aromatic rings. The zero-order valence-corrected chi connectivity index (χ0v) is 7.65. The molecule has 4 rings (SSSR count). The molecule has 3 saturated carbocycles. The van der Waals surface area contributed by atoms with Gasteiger partial charge in [0.05, 0.1) is 0 Å². The fourth-order valence-corrected chi connectivity index (χ4v) is 4.71. The third kappa shape index (κ3) is 0.589. The monoisotopic (exact) mass is 174 g/mol. The minimum absolute atomic E-state index is 0.481. The molecule has 0 spiro atoms. The Morgan fingerprint density at radius 2 is 1.54 bits per heavy atom. The number of ketones is 1. The molecule has 0 aromatic carbocycles. The molecule has 13 heavy (non-hydrogen) atoms. The summed E-state index contributed by atoms with van der Waals surface area (Å²) in [5.74, 6) is 4.73. The van der Waals surface area contributed by atoms with E-state index in [-0.39, 0.29) is 0 Å². The van der Waals surface area contributed by atoms with Gasteiger partial charge in [0.1, 0.15) is 5.78 Å². The van der Waals surface area contributed by atoms with E-state index >= 15 is 0 Å². The molecular weight excluding hydrogens is 160 g/mol. The zero-order chi connectivity index (χ0) is 8.58. The summed E-state index contributed by atoms with van der Waals surface area (Å²) in [5.41, 5.74) is 0. The third-order valence-electron chi connectivity index (χ3n) is 5.03. The van der Waals surface area contributed by atoms with E-state index < -0.39 is 0 Å². The molecule has 0 radical (unpaired) electrons. The molecule has 0 aromatic heterocycles. The molecule has 0 amide bonds. The molecule has 4 aliphatic carbocycles. The molecule has 6 atom stereocenters. The fraction of sp³-hybridized carbons (Fsp3) is 0.750. The van der Waals surface area contributed by atoms with E-state index in [4.69, 9.17) is 0 Å². The molecule has 0 N–H and O–H groups in total. The summed E-state index contributed by atoms with van der Waals surface area (Å²) in [5, 5.41) is 0. The Kier molecular flexibility index (Phi) is 1.00. The third-order valence-corrected chi connectivity index (χ3v) is 5.03. The summed E-state index contributed by atoms with van der Waals surface area (Å²) in [7, 11) is 0. The first kappa shape index (κ1) is 6.80. The first-order valence-electron chi connectivity index (χ1n) is 5.58. The van der Waals surface area contributed by atoms with Crippen molar-refractivity contribution in [1.82, 2.24) is 0 Å². The first-order valence-corrected chi connectivity index (χ1v) is 5.58. The lowest BCUT2D eigenvalue weighted by Crippen LogP contribution is -2.25. The highest BCUT2D eigenvalue weighted by molar-refractivity contribution is 5.89. The standard InChI is InChI=1S/C12H14O/c13-12-8-3-4-9(12)11-7-2-1-6(5-7)10(8)11/h1-2,6-11H,3-5H2. The molecule has 6 unspecified atom stereocenters. The first-order chi connectivity index (χ1) is 6.36. The summed E-state index contributed by atoms with van der Waals surface area (Å²) in [6.07, 6.45) is 8.57. The smallest absolute Gasteiger partial charge is 0.139 e. The lowest BCUT2D eigenvalue weighted by atomic mass is 9.73. The number of hydrogen-bond donors (Lipinski definition) is 0. The summed E-state index contributed by atoms with van der Waals surface area (Å²) in [4.78, 5) is 11.9. The molecule has 4 aliphatic rings. The van der Waals surface area contributed by atoms with E-state index in [0.29, 0.717) is 17.6 Å². The quantitative estimate of drug-likeness (QED) is 0.405. The van der Waals surface area contributed by atoms with Gasteiger partial charge in [-0.15, -0.1) is 0 Å². The normalized spacial score (nSPS) is 60.8. The minimum Gasteiger partial charge on any atom is -0.299 e. The second kappa shape index (κ2) is 1.92. The summed E-state index contributed by atoms with van der Waals surface area (Å²) in [6, 6.07) is 0. The molecule has 68 valence electrons. The lowest BCUT2D eigenvalue weighted by molar-refractivity contribution is -0.122. The van der Waals surface area contributed by atoms with Crippen LogP contribution in [0.4, 0.5) is 0 Å². The van der Waals surface area contributed by atoms with Crippen LogP contribution in [-0.4, -0.2) is 5.78 Å². The van der Waals surface area contributed by atoms with Gasteiger partial charge in [0.25, 0.3) is 0 Å². The topological polar surface area (TPSA) is 17.1 Å². The molecule has 0 aliphatic heterocycles. The molecule has 4 bridgehead atoms. The van der Waals surface area contributed by atoms with Crippen LogP contribution in [0.25, 0.3) is 0 Å². The van der Waals surface area contributed by atoms with Crippen LogP contribution >= 0.6 is 0 Å². The predicted octanol–water partition coefficient (Wildman–Crippen LogP) is 2.03. The van der Waals surface area contributed by atoms with Crippen molar-refractivity contribution < 1.29 is 4.79 Å². The highest BCUT2D eigenvalue weighted by Gasteiger charge is 2.62. The maximum atomic E-state index is 11.9. The van der Waals surface area contributed by atoms with E-state index in [1.54, 1.807) is 0 Å². The molecule has 3 fully saturated rings. The molecule has 1 nitrogen and oxygen atoms in total. The Morgan fingerprint density at radius 1 is 1.00 bits per heavy atom. The van der Waals surface area contributed by atoms with Crippen molar-refractivity contribution in [3.8, 4) is 0 Å². The summed E-state index contributed by atoms with van der Waals surface area (Å²) < 4.78 is 0. The fourth-order valence-electron chi connectivity index (χ4n) is 4.71. The Labute approximate surface area is 78.2 Å². The van der Waals surface area contributed by atoms with Gasteiger partial charge in [-0.1, -0.05) is 12.2 Å². The molecule has 0 saturated heterocycles. The van der Waals surface area contributed by atoms with E-state index in [0.717, 1.165) is 23.7 Å². The van der Waals surface area contributed by atoms with Crippen molar-refractivity contribution in [2.45, 2.75) is 19.3 Å². The van der Waals surface area contributed by atoms with Gasteiger partial charge in [0, 0.05) is 11.8 Å². The number of Topliss-reactive ketones (excluding diaryl/α,β-unsaturated/α-hetero) is 1. The van der Waals surface area contributed by atoms with Gasteiger partial charge in [-0.05, 0) is 42.9 Å². The Bertz CT molecular complexity index is 289. The Hall–Kier alpha value is -0.590. The second-order valence-electron chi connectivity index (χ2n) is 5.30. The maximum absolute atomic E-state index is 11.9. The van der Waals surface area contributed by atoms with Crippen LogP contribution in [0.15, 0.2) is 12.2 Å². The maximum Gasteiger partial charge on any atom is 0.139 e. The van der Waals surface area contributed by atoms with Crippen molar-refractivity contribution in [3.63, 3.8) is 0 Å². The van der Waals surface area contributed by atoms with Gasteiger partial charge < -0.3 is 0 Å². The van der Waals surface area contributed by atoms with E-state index in [9.17, 15) is 4.79 Å². The van der Waals surface area contributed by atoms with Crippen molar-refractivity contribution in [2.75, 3.05) is 0 Å². The van der Waals surface area contributed by atoms with Gasteiger partial charge in [-0.25, -0.2) is 0 Å². The average Bonchev–Trinajstić information content (AvgIpc) is 2.84. The van der Waals surface area contributed by atoms with Crippen molar-refractivity contribution in [2.24, 2.45) is 35.5 Å². The number of hydrogen-bond acceptors (Lipinski definition) is 1. The number of carbonyl (C=O) groups excluding carboxylic acids is 1. The van der Waals surface area contributed by atoms with Crippen LogP contribution in [0.2, 0.25) is 0 Å². The van der Waals surface area contributed by atoms with Crippen LogP contribution in [-0.2, 0) is 4.79 Å².